The molecule has 0 saturated heterocycles. The quantitative estimate of drug-likeness (QED) is 0.863. The molecular weight excluding hydrogens is 294 g/mol. The highest BCUT2D eigenvalue weighted by molar-refractivity contribution is 9.10. The lowest BCUT2D eigenvalue weighted by molar-refractivity contribution is 0.690. The monoisotopic (exact) mass is 303 g/mol. The summed E-state index contributed by atoms with van der Waals surface area (Å²) in [6.07, 6.45) is 4.68. The topological polar surface area (TPSA) is 37.8 Å². The van der Waals surface area contributed by atoms with Gasteiger partial charge in [0.2, 0.25) is 0 Å². The molecule has 0 bridgehead atoms. The number of hydrogen-bond acceptors (Lipinski definition) is 5. The number of hydrogen-bond donors (Lipinski definition) is 1. The van der Waals surface area contributed by atoms with Gasteiger partial charge in [-0.25, -0.2) is 4.98 Å². The van der Waals surface area contributed by atoms with Gasteiger partial charge in [-0.2, -0.15) is 4.37 Å². The van der Waals surface area contributed by atoms with Crippen molar-refractivity contribution >= 4 is 38.8 Å². The number of thiazole rings is 1. The molecule has 0 amide bonds. The number of nitrogens with zero attached hydrogens (tertiary/aromatic N) is 2. The summed E-state index contributed by atoms with van der Waals surface area (Å²) in [5.74, 6) is 0. The average molecular weight is 304 g/mol. The number of halogens is 1. The maximum atomic E-state index is 4.23. The van der Waals surface area contributed by atoms with E-state index in [0.717, 1.165) is 24.0 Å². The third kappa shape index (κ3) is 3.34. The molecular formula is C9H10BrN3S2. The summed E-state index contributed by atoms with van der Waals surface area (Å²) < 4.78 is 5.19. The zero-order chi connectivity index (χ0) is 10.5. The van der Waals surface area contributed by atoms with Crippen LogP contribution in [0.4, 0.5) is 0 Å². The second kappa shape index (κ2) is 5.69. The lowest BCUT2D eigenvalue weighted by atomic mass is 10.4. The number of rotatable bonds is 5. The normalized spacial score (nSPS) is 10.7. The molecule has 0 aromatic carbocycles. The highest BCUT2D eigenvalue weighted by Crippen LogP contribution is 2.19. The fourth-order valence-electron chi connectivity index (χ4n) is 1.14. The van der Waals surface area contributed by atoms with Crippen LogP contribution < -0.4 is 5.32 Å². The van der Waals surface area contributed by atoms with E-state index in [1.54, 1.807) is 11.3 Å². The summed E-state index contributed by atoms with van der Waals surface area (Å²) >= 11 is 6.68. The first-order valence-corrected chi connectivity index (χ1v) is 6.99. The van der Waals surface area contributed by atoms with E-state index in [4.69, 9.17) is 0 Å². The molecule has 6 heteroatoms. The van der Waals surface area contributed by atoms with Crippen LogP contribution in [0.5, 0.6) is 0 Å². The van der Waals surface area contributed by atoms with Gasteiger partial charge in [-0.1, -0.05) is 0 Å². The summed E-state index contributed by atoms with van der Waals surface area (Å²) in [5, 5.41) is 6.57. The Kier molecular flexibility index (Phi) is 4.25. The minimum Gasteiger partial charge on any atom is -0.311 e. The van der Waals surface area contributed by atoms with Gasteiger partial charge in [0.1, 0.15) is 0 Å². The van der Waals surface area contributed by atoms with Crippen LogP contribution in [-0.2, 0) is 13.0 Å². The van der Waals surface area contributed by atoms with Crippen LogP contribution in [0.1, 0.15) is 9.88 Å². The van der Waals surface area contributed by atoms with E-state index in [-0.39, 0.29) is 0 Å². The molecule has 0 unspecified atom stereocenters. The predicted octanol–water partition coefficient (Wildman–Crippen LogP) is 2.69. The molecule has 2 aromatic rings. The Labute approximate surface area is 105 Å². The first-order chi connectivity index (χ1) is 7.36. The minimum absolute atomic E-state index is 0.872. The van der Waals surface area contributed by atoms with Crippen molar-refractivity contribution in [1.29, 1.82) is 0 Å². The Bertz CT molecular complexity index is 399. The molecule has 0 aliphatic rings. The van der Waals surface area contributed by atoms with Gasteiger partial charge < -0.3 is 5.32 Å². The molecule has 15 heavy (non-hydrogen) atoms. The van der Waals surface area contributed by atoms with Gasteiger partial charge in [0.05, 0.1) is 20.6 Å². The molecule has 0 fully saturated rings. The molecule has 0 atom stereocenters. The first kappa shape index (κ1) is 11.2. The van der Waals surface area contributed by atoms with Gasteiger partial charge >= 0.3 is 0 Å². The van der Waals surface area contributed by atoms with Crippen LogP contribution in [-0.4, -0.2) is 15.9 Å². The molecule has 3 nitrogen and oxygen atoms in total. The van der Waals surface area contributed by atoms with Gasteiger partial charge in [-0.15, -0.1) is 11.3 Å². The Morgan fingerprint density at radius 3 is 3.07 bits per heavy atom. The number of aromatic nitrogens is 2. The lowest BCUT2D eigenvalue weighted by Crippen LogP contribution is -2.16. The third-order valence-electron chi connectivity index (χ3n) is 1.88. The van der Waals surface area contributed by atoms with Crippen molar-refractivity contribution < 1.29 is 0 Å². The maximum absolute atomic E-state index is 4.23. The van der Waals surface area contributed by atoms with E-state index in [2.05, 4.69) is 30.6 Å². The second-order valence-corrected chi connectivity index (χ2v) is 5.67. The van der Waals surface area contributed by atoms with Crippen molar-refractivity contribution in [1.82, 2.24) is 14.7 Å². The van der Waals surface area contributed by atoms with Crippen LogP contribution in [0.3, 0.4) is 0 Å². The first-order valence-electron chi connectivity index (χ1n) is 4.54. The Morgan fingerprint density at radius 2 is 2.40 bits per heavy atom. The Morgan fingerprint density at radius 1 is 1.47 bits per heavy atom. The van der Waals surface area contributed by atoms with Gasteiger partial charge in [-0.3, -0.25) is 0 Å². The molecule has 0 saturated carbocycles. The summed E-state index contributed by atoms with van der Waals surface area (Å²) in [6.45, 7) is 1.83. The fraction of sp³-hybridized carbons (Fsp3) is 0.333. The maximum Gasteiger partial charge on any atom is 0.0937 e. The van der Waals surface area contributed by atoms with Crippen LogP contribution >= 0.6 is 38.8 Å². The molecule has 80 valence electrons. The predicted molar refractivity (Wildman–Crippen MR) is 67.3 cm³/mol. The van der Waals surface area contributed by atoms with E-state index in [1.807, 2.05) is 17.8 Å². The van der Waals surface area contributed by atoms with Gasteiger partial charge in [0, 0.05) is 31.1 Å². The van der Waals surface area contributed by atoms with Gasteiger partial charge in [0.15, 0.2) is 0 Å². The van der Waals surface area contributed by atoms with Crippen molar-refractivity contribution in [3.63, 3.8) is 0 Å². The zero-order valence-electron chi connectivity index (χ0n) is 7.94. The van der Waals surface area contributed by atoms with Crippen LogP contribution in [0.2, 0.25) is 0 Å². The molecule has 0 radical (unpaired) electrons. The van der Waals surface area contributed by atoms with Crippen molar-refractivity contribution in [2.24, 2.45) is 0 Å². The smallest absolute Gasteiger partial charge is 0.0937 e. The molecule has 2 rings (SSSR count). The highest BCUT2D eigenvalue weighted by Gasteiger charge is 2.01. The zero-order valence-corrected chi connectivity index (χ0v) is 11.2. The second-order valence-electron chi connectivity index (χ2n) is 2.95. The number of nitrogens with one attached hydrogen (secondary N) is 1. The summed E-state index contributed by atoms with van der Waals surface area (Å²) in [6, 6.07) is 0. The van der Waals surface area contributed by atoms with Crippen molar-refractivity contribution in [3.05, 3.63) is 32.1 Å². The summed E-state index contributed by atoms with van der Waals surface area (Å²) in [5.41, 5.74) is 0. The summed E-state index contributed by atoms with van der Waals surface area (Å²) in [4.78, 5) is 5.47. The van der Waals surface area contributed by atoms with Crippen LogP contribution in [0.15, 0.2) is 22.2 Å². The largest absolute Gasteiger partial charge is 0.311 e. The van der Waals surface area contributed by atoms with E-state index in [0.29, 0.717) is 0 Å². The van der Waals surface area contributed by atoms with E-state index in [9.17, 15) is 0 Å². The van der Waals surface area contributed by atoms with Crippen molar-refractivity contribution in [2.75, 3.05) is 6.54 Å². The molecule has 2 aromatic heterocycles. The molecule has 1 N–H and O–H groups in total. The van der Waals surface area contributed by atoms with Crippen molar-refractivity contribution in [3.8, 4) is 0 Å². The SMILES string of the molecule is Brc1cnsc1CNCCc1nccs1. The lowest BCUT2D eigenvalue weighted by Gasteiger charge is -2.00. The molecule has 0 aliphatic carbocycles. The Balaban J connectivity index is 1.70. The van der Waals surface area contributed by atoms with E-state index >= 15 is 0 Å². The van der Waals surface area contributed by atoms with E-state index in [1.165, 1.54) is 21.4 Å². The molecule has 0 aliphatic heterocycles. The van der Waals surface area contributed by atoms with Gasteiger partial charge in [-0.05, 0) is 27.5 Å². The van der Waals surface area contributed by atoms with Crippen LogP contribution in [0.25, 0.3) is 0 Å². The Hall–Kier alpha value is -0.300. The van der Waals surface area contributed by atoms with Gasteiger partial charge in [0.25, 0.3) is 0 Å². The third-order valence-corrected chi connectivity index (χ3v) is 4.46. The molecule has 2 heterocycles. The van der Waals surface area contributed by atoms with Crippen LogP contribution in [0, 0.1) is 0 Å². The summed E-state index contributed by atoms with van der Waals surface area (Å²) in [7, 11) is 0. The van der Waals surface area contributed by atoms with E-state index < -0.39 is 0 Å². The van der Waals surface area contributed by atoms with Crippen molar-refractivity contribution in [2.45, 2.75) is 13.0 Å². The standard InChI is InChI=1S/C9H10BrN3S2/c10-7-5-13-15-8(7)6-11-2-1-9-12-3-4-14-9/h3-5,11H,1-2,6H2. The fourth-order valence-corrected chi connectivity index (χ4v) is 2.95. The highest BCUT2D eigenvalue weighted by atomic mass is 79.9. The average Bonchev–Trinajstić information content (AvgIpc) is 2.85. The minimum atomic E-state index is 0.872. The molecule has 0 spiro atoms.